The molecule has 0 saturated heterocycles. The fourth-order valence-electron chi connectivity index (χ4n) is 1.35. The van der Waals surface area contributed by atoms with E-state index < -0.39 is 24.5 Å². The summed E-state index contributed by atoms with van der Waals surface area (Å²) in [5, 5.41) is 6.44. The van der Waals surface area contributed by atoms with Crippen LogP contribution in [0.4, 0.5) is 17.6 Å². The van der Waals surface area contributed by atoms with Gasteiger partial charge in [0.2, 0.25) is 5.90 Å². The van der Waals surface area contributed by atoms with Crippen LogP contribution in [0.15, 0.2) is 28.4 Å². The van der Waals surface area contributed by atoms with Gasteiger partial charge in [-0.05, 0) is 24.1 Å². The molecule has 0 aliphatic carbocycles. The Hall–Kier alpha value is -1.92. The Balaban J connectivity index is 2.97. The summed E-state index contributed by atoms with van der Waals surface area (Å²) in [4.78, 5) is 0. The molecule has 0 aromatic heterocycles. The van der Waals surface area contributed by atoms with E-state index >= 15 is 0 Å². The summed E-state index contributed by atoms with van der Waals surface area (Å²) < 4.78 is 54.2. The zero-order chi connectivity index (χ0) is 14.5. The highest BCUT2D eigenvalue weighted by Gasteiger charge is 2.29. The second-order valence-electron chi connectivity index (χ2n) is 3.61. The summed E-state index contributed by atoms with van der Waals surface area (Å²) in [7, 11) is 0. The molecule has 0 spiro atoms. The Morgan fingerprint density at radius 2 is 2.05 bits per heavy atom. The molecule has 0 saturated carbocycles. The van der Waals surface area contributed by atoms with E-state index in [0.717, 1.165) is 6.07 Å². The van der Waals surface area contributed by atoms with Crippen LogP contribution in [0.25, 0.3) is 0 Å². The van der Waals surface area contributed by atoms with E-state index in [1.165, 1.54) is 12.1 Å². The Kier molecular flexibility index (Phi) is 5.02. The number of alkyl halides is 3. The van der Waals surface area contributed by atoms with Crippen molar-refractivity contribution in [1.82, 2.24) is 0 Å². The van der Waals surface area contributed by atoms with Crippen LogP contribution in [-0.2, 0) is 11.2 Å². The monoisotopic (exact) mass is 276 g/mol. The average molecular weight is 276 g/mol. The first kappa shape index (κ1) is 15.1. The van der Waals surface area contributed by atoms with Crippen molar-refractivity contribution in [3.05, 3.63) is 35.1 Å². The predicted octanol–water partition coefficient (Wildman–Crippen LogP) is 3.33. The third kappa shape index (κ3) is 4.69. The first-order valence-electron chi connectivity index (χ1n) is 5.39. The number of rotatable bonds is 4. The van der Waals surface area contributed by atoms with E-state index in [-0.39, 0.29) is 5.56 Å². The molecular formula is C12H12F4N2O. The van der Waals surface area contributed by atoms with Crippen LogP contribution >= 0.6 is 0 Å². The summed E-state index contributed by atoms with van der Waals surface area (Å²) in [5.74, 6) is -0.957. The van der Waals surface area contributed by atoms with Gasteiger partial charge in [-0.2, -0.15) is 18.3 Å². The Morgan fingerprint density at radius 1 is 1.37 bits per heavy atom. The van der Waals surface area contributed by atoms with Crippen molar-refractivity contribution in [3.63, 3.8) is 0 Å². The fraction of sp³-hybridized carbons (Fsp3) is 0.333. The highest BCUT2D eigenvalue weighted by Crippen LogP contribution is 2.17. The molecule has 1 aromatic rings. The molecule has 7 heteroatoms. The highest BCUT2D eigenvalue weighted by molar-refractivity contribution is 5.94. The maximum Gasteiger partial charge on any atom is 0.422 e. The molecule has 0 fully saturated rings. The summed E-state index contributed by atoms with van der Waals surface area (Å²) in [6.07, 6.45) is -4.04. The first-order chi connectivity index (χ1) is 8.87. The minimum atomic E-state index is -4.51. The van der Waals surface area contributed by atoms with Crippen molar-refractivity contribution in [1.29, 1.82) is 0 Å². The molecule has 0 bridgehead atoms. The van der Waals surface area contributed by atoms with Crippen molar-refractivity contribution < 1.29 is 22.3 Å². The smallest absolute Gasteiger partial charge is 0.422 e. The molecular weight excluding hydrogens is 264 g/mol. The average Bonchev–Trinajstić information content (AvgIpc) is 2.33. The van der Waals surface area contributed by atoms with E-state index in [2.05, 4.69) is 21.7 Å². The number of benzene rings is 1. The van der Waals surface area contributed by atoms with E-state index in [4.69, 9.17) is 0 Å². The Morgan fingerprint density at radius 3 is 2.53 bits per heavy atom. The lowest BCUT2D eigenvalue weighted by molar-refractivity contribution is -0.156. The second kappa shape index (κ2) is 6.31. The number of halogens is 4. The summed E-state index contributed by atoms with van der Waals surface area (Å²) in [5.41, 5.74) is 0.525. The molecule has 3 nitrogen and oxygen atoms in total. The molecule has 0 atom stereocenters. The van der Waals surface area contributed by atoms with Crippen LogP contribution in [0, 0.1) is 5.82 Å². The van der Waals surface area contributed by atoms with Gasteiger partial charge in [-0.15, -0.1) is 5.10 Å². The van der Waals surface area contributed by atoms with E-state index in [1.54, 1.807) is 6.92 Å². The largest absolute Gasteiger partial charge is 0.467 e. The molecule has 0 amide bonds. The molecule has 0 aliphatic heterocycles. The number of nitrogens with zero attached hydrogens (tertiary/aromatic N) is 2. The summed E-state index contributed by atoms with van der Waals surface area (Å²) >= 11 is 0. The quantitative estimate of drug-likeness (QED) is 0.359. The van der Waals surface area contributed by atoms with Crippen molar-refractivity contribution >= 4 is 12.6 Å². The molecule has 104 valence electrons. The van der Waals surface area contributed by atoms with Gasteiger partial charge in [0.05, 0.1) is 0 Å². The van der Waals surface area contributed by atoms with Crippen molar-refractivity contribution in [2.45, 2.75) is 19.5 Å². The number of hydrogen-bond acceptors (Lipinski definition) is 3. The third-order valence-corrected chi connectivity index (χ3v) is 2.22. The molecule has 0 radical (unpaired) electrons. The third-order valence-electron chi connectivity index (χ3n) is 2.22. The summed E-state index contributed by atoms with van der Waals surface area (Å²) in [6, 6.07) is 3.93. The van der Waals surface area contributed by atoms with Gasteiger partial charge in [0.15, 0.2) is 6.61 Å². The minimum Gasteiger partial charge on any atom is -0.467 e. The van der Waals surface area contributed by atoms with Gasteiger partial charge < -0.3 is 4.74 Å². The van der Waals surface area contributed by atoms with E-state index in [0.29, 0.717) is 12.0 Å². The fourth-order valence-corrected chi connectivity index (χ4v) is 1.35. The van der Waals surface area contributed by atoms with Gasteiger partial charge in [-0.3, -0.25) is 0 Å². The van der Waals surface area contributed by atoms with Crippen LogP contribution in [-0.4, -0.2) is 25.4 Å². The van der Waals surface area contributed by atoms with E-state index in [1.807, 2.05) is 0 Å². The molecule has 0 unspecified atom stereocenters. The number of hydrogen-bond donors (Lipinski definition) is 0. The van der Waals surface area contributed by atoms with Gasteiger partial charge in [0, 0.05) is 12.3 Å². The van der Waals surface area contributed by atoms with Crippen LogP contribution in [0.3, 0.4) is 0 Å². The van der Waals surface area contributed by atoms with Gasteiger partial charge in [0.1, 0.15) is 5.82 Å². The Bertz CT molecular complexity index is 483. The lowest BCUT2D eigenvalue weighted by atomic mass is 10.1. The maximum absolute atomic E-state index is 13.5. The second-order valence-corrected chi connectivity index (χ2v) is 3.61. The molecule has 0 aliphatic rings. The van der Waals surface area contributed by atoms with Gasteiger partial charge in [-0.1, -0.05) is 13.0 Å². The van der Waals surface area contributed by atoms with Crippen molar-refractivity contribution in [2.24, 2.45) is 10.2 Å². The SMILES string of the molecule is C=N/N=C(\OCC(F)(F)F)c1ccc(CC)c(F)c1. The van der Waals surface area contributed by atoms with E-state index in [9.17, 15) is 17.6 Å². The Labute approximate surface area is 107 Å². The molecule has 1 rings (SSSR count). The lowest BCUT2D eigenvalue weighted by Crippen LogP contribution is -2.21. The van der Waals surface area contributed by atoms with Crippen LogP contribution in [0.1, 0.15) is 18.1 Å². The first-order valence-corrected chi connectivity index (χ1v) is 5.39. The van der Waals surface area contributed by atoms with Gasteiger partial charge in [-0.25, -0.2) is 4.39 Å². The predicted molar refractivity (Wildman–Crippen MR) is 63.9 cm³/mol. The van der Waals surface area contributed by atoms with Crippen molar-refractivity contribution in [3.8, 4) is 0 Å². The van der Waals surface area contributed by atoms with Crippen LogP contribution < -0.4 is 0 Å². The topological polar surface area (TPSA) is 34.0 Å². The molecule has 19 heavy (non-hydrogen) atoms. The molecule has 1 aromatic carbocycles. The zero-order valence-corrected chi connectivity index (χ0v) is 10.2. The molecule has 0 N–H and O–H groups in total. The lowest BCUT2D eigenvalue weighted by Gasteiger charge is -2.11. The normalized spacial score (nSPS) is 12.4. The number of ether oxygens (including phenoxy) is 1. The standard InChI is InChI=1S/C12H12F4N2O/c1-3-8-4-5-9(6-10(8)13)11(18-17-2)19-7-12(14,15)16/h4-6H,2-3,7H2,1H3/b18-11-. The highest BCUT2D eigenvalue weighted by atomic mass is 19.4. The number of aryl methyl sites for hydroxylation is 1. The molecule has 0 heterocycles. The maximum atomic E-state index is 13.5. The van der Waals surface area contributed by atoms with Gasteiger partial charge >= 0.3 is 6.18 Å². The van der Waals surface area contributed by atoms with Crippen molar-refractivity contribution in [2.75, 3.05) is 6.61 Å². The summed E-state index contributed by atoms with van der Waals surface area (Å²) in [6.45, 7) is 3.27. The van der Waals surface area contributed by atoms with Crippen LogP contribution in [0.5, 0.6) is 0 Å². The van der Waals surface area contributed by atoms with Crippen LogP contribution in [0.2, 0.25) is 0 Å². The zero-order valence-electron chi connectivity index (χ0n) is 10.2. The van der Waals surface area contributed by atoms with Gasteiger partial charge in [0.25, 0.3) is 0 Å². The minimum absolute atomic E-state index is 0.0753.